The molecule has 0 aliphatic heterocycles. The van der Waals surface area contributed by atoms with Gasteiger partial charge in [-0.3, -0.25) is 4.79 Å². The van der Waals surface area contributed by atoms with E-state index < -0.39 is 34.4 Å². The molecular formula is C33H36F3NO5S. The first-order valence-electron chi connectivity index (χ1n) is 14.5. The Bertz CT molecular complexity index is 1490. The van der Waals surface area contributed by atoms with E-state index in [1.807, 2.05) is 19.1 Å². The third-order valence-corrected chi connectivity index (χ3v) is 9.73. The molecule has 5 rings (SSSR count). The van der Waals surface area contributed by atoms with Crippen LogP contribution in [0.3, 0.4) is 0 Å². The summed E-state index contributed by atoms with van der Waals surface area (Å²) in [5.41, 5.74) is -5.39. The zero-order valence-electron chi connectivity index (χ0n) is 24.1. The molecule has 0 aromatic heterocycles. The van der Waals surface area contributed by atoms with Crippen LogP contribution in [0.15, 0.2) is 65.6 Å². The minimum absolute atomic E-state index is 0.0136. The number of thioether (sulfide) groups is 1. The summed E-state index contributed by atoms with van der Waals surface area (Å²) >= 11 is -0.199. The van der Waals surface area contributed by atoms with Gasteiger partial charge in [0.2, 0.25) is 0 Å². The van der Waals surface area contributed by atoms with Gasteiger partial charge in [0.15, 0.2) is 0 Å². The molecule has 0 spiro atoms. The quantitative estimate of drug-likeness (QED) is 0.215. The van der Waals surface area contributed by atoms with E-state index in [0.29, 0.717) is 43.1 Å². The van der Waals surface area contributed by atoms with E-state index in [2.05, 4.69) is 12.2 Å². The molecule has 0 heterocycles. The maximum atomic E-state index is 13.9. The monoisotopic (exact) mass is 615 g/mol. The summed E-state index contributed by atoms with van der Waals surface area (Å²) in [5.74, 6) is -1.03. The molecule has 2 aliphatic rings. The molecule has 3 N–H and O–H groups in total. The Morgan fingerprint density at radius 2 is 1.79 bits per heavy atom. The number of aliphatic carboxylic acids is 1. The first kappa shape index (κ1) is 31.2. The number of alkyl halides is 3. The SMILES string of the molecule is CCC1(O)CC2CC(C)C[C@](C(NC(=O)c3ccc4ccccc4c3OCc3ccc(SC(F)(F)F)cc3)C(=O)O)(C2)C1. The van der Waals surface area contributed by atoms with Crippen molar-refractivity contribution in [3.8, 4) is 5.75 Å². The van der Waals surface area contributed by atoms with Gasteiger partial charge in [-0.2, -0.15) is 13.2 Å². The molecule has 2 bridgehead atoms. The Balaban J connectivity index is 1.44. The molecule has 0 radical (unpaired) electrons. The number of carboxylic acid groups (broad SMARTS) is 1. The van der Waals surface area contributed by atoms with E-state index >= 15 is 0 Å². The van der Waals surface area contributed by atoms with Crippen molar-refractivity contribution in [2.45, 2.75) is 81.0 Å². The molecule has 3 aromatic carbocycles. The highest BCUT2D eigenvalue weighted by Gasteiger charge is 2.56. The van der Waals surface area contributed by atoms with Crippen LogP contribution in [-0.2, 0) is 11.4 Å². The van der Waals surface area contributed by atoms with Gasteiger partial charge >= 0.3 is 11.5 Å². The molecule has 2 fully saturated rings. The van der Waals surface area contributed by atoms with Gasteiger partial charge in [0.1, 0.15) is 18.4 Å². The molecule has 0 saturated heterocycles. The lowest BCUT2D eigenvalue weighted by Gasteiger charge is -2.55. The normalized spacial score (nSPS) is 26.1. The molecule has 6 nitrogen and oxygen atoms in total. The number of rotatable bonds is 9. The number of halogens is 3. The Hall–Kier alpha value is -3.24. The molecule has 3 aromatic rings. The van der Waals surface area contributed by atoms with Crippen LogP contribution >= 0.6 is 11.8 Å². The van der Waals surface area contributed by atoms with Crippen molar-refractivity contribution in [2.75, 3.05) is 0 Å². The predicted molar refractivity (Wildman–Crippen MR) is 159 cm³/mol. The highest BCUT2D eigenvalue weighted by molar-refractivity contribution is 8.00. The average molecular weight is 616 g/mol. The largest absolute Gasteiger partial charge is 0.487 e. The summed E-state index contributed by atoms with van der Waals surface area (Å²) in [5, 5.41) is 26.1. The molecule has 2 saturated carbocycles. The van der Waals surface area contributed by atoms with E-state index in [4.69, 9.17) is 4.74 Å². The molecular weight excluding hydrogens is 579 g/mol. The Morgan fingerprint density at radius 3 is 2.47 bits per heavy atom. The molecule has 1 amide bonds. The number of benzene rings is 3. The fraction of sp³-hybridized carbons (Fsp3) is 0.455. The Kier molecular flexibility index (Phi) is 8.73. The van der Waals surface area contributed by atoms with Gasteiger partial charge in [-0.25, -0.2) is 4.79 Å². The van der Waals surface area contributed by atoms with Gasteiger partial charge in [-0.15, -0.1) is 0 Å². The Labute approximate surface area is 253 Å². The topological polar surface area (TPSA) is 95.9 Å². The first-order valence-corrected chi connectivity index (χ1v) is 15.4. The van der Waals surface area contributed by atoms with Crippen LogP contribution < -0.4 is 10.1 Å². The smallest absolute Gasteiger partial charge is 0.446 e. The second kappa shape index (κ2) is 12.0. The number of hydrogen-bond donors (Lipinski definition) is 3. The third kappa shape index (κ3) is 6.96. The molecule has 43 heavy (non-hydrogen) atoms. The van der Waals surface area contributed by atoms with Crippen molar-refractivity contribution < 1.29 is 37.7 Å². The number of carbonyl (C=O) groups excluding carboxylic acids is 1. The number of carboxylic acids is 1. The number of carbonyl (C=O) groups is 2. The van der Waals surface area contributed by atoms with E-state index in [-0.39, 0.29) is 46.4 Å². The Morgan fingerprint density at radius 1 is 1.07 bits per heavy atom. The fourth-order valence-electron chi connectivity index (χ4n) is 7.47. The van der Waals surface area contributed by atoms with Crippen molar-refractivity contribution in [2.24, 2.45) is 17.3 Å². The maximum Gasteiger partial charge on any atom is 0.446 e. The molecule has 5 atom stereocenters. The van der Waals surface area contributed by atoms with Crippen molar-refractivity contribution in [3.05, 3.63) is 71.8 Å². The van der Waals surface area contributed by atoms with Crippen LogP contribution in [0, 0.1) is 17.3 Å². The van der Waals surface area contributed by atoms with Crippen molar-refractivity contribution >= 4 is 34.4 Å². The number of fused-ring (bicyclic) bond motifs is 3. The number of ether oxygens (including phenoxy) is 1. The minimum atomic E-state index is -4.39. The zero-order valence-corrected chi connectivity index (χ0v) is 24.9. The summed E-state index contributed by atoms with van der Waals surface area (Å²) in [6, 6.07) is 15.3. The van der Waals surface area contributed by atoms with Gasteiger partial charge < -0.3 is 20.3 Å². The van der Waals surface area contributed by atoms with Gasteiger partial charge in [-0.05, 0) is 91.3 Å². The fourth-order valence-corrected chi connectivity index (χ4v) is 8.00. The van der Waals surface area contributed by atoms with Crippen LogP contribution in [0.25, 0.3) is 10.8 Å². The maximum absolute atomic E-state index is 13.9. The number of nitrogens with one attached hydrogen (secondary N) is 1. The van der Waals surface area contributed by atoms with Crippen LogP contribution in [0.1, 0.15) is 68.3 Å². The van der Waals surface area contributed by atoms with E-state index in [1.165, 1.54) is 24.3 Å². The molecule has 2 aliphatic carbocycles. The second-order valence-electron chi connectivity index (χ2n) is 12.3. The summed E-state index contributed by atoms with van der Waals surface area (Å²) in [4.78, 5) is 26.7. The zero-order chi connectivity index (χ0) is 31.0. The van der Waals surface area contributed by atoms with E-state index in [1.54, 1.807) is 24.3 Å². The molecule has 230 valence electrons. The number of hydrogen-bond acceptors (Lipinski definition) is 5. The van der Waals surface area contributed by atoms with Crippen LogP contribution in [0.5, 0.6) is 5.75 Å². The predicted octanol–water partition coefficient (Wildman–Crippen LogP) is 7.57. The second-order valence-corrected chi connectivity index (χ2v) is 13.5. The van der Waals surface area contributed by atoms with Gasteiger partial charge in [0, 0.05) is 15.7 Å². The van der Waals surface area contributed by atoms with Gasteiger partial charge in [-0.1, -0.05) is 56.3 Å². The molecule has 4 unspecified atom stereocenters. The van der Waals surface area contributed by atoms with E-state index in [0.717, 1.165) is 11.8 Å². The highest BCUT2D eigenvalue weighted by atomic mass is 32.2. The summed E-state index contributed by atoms with van der Waals surface area (Å²) in [6.07, 6.45) is 3.58. The minimum Gasteiger partial charge on any atom is -0.487 e. The lowest BCUT2D eigenvalue weighted by Crippen LogP contribution is -2.60. The van der Waals surface area contributed by atoms with Crippen LogP contribution in [-0.4, -0.2) is 39.2 Å². The standard InChI is InChI=1S/C33H36F3NO5S/c1-3-32(41)17-22-14-20(2)15-31(16-22,19-32)28(30(39)40)37-29(38)26-13-10-23-6-4-5-7-25(23)27(26)42-18-21-8-11-24(12-9-21)43-33(34,35)36/h4-13,20,22,28,41H,3,14-19H2,1-2H3,(H,37,38)(H,39,40)/t20?,22?,28?,31-,32?/m0/s1. The average Bonchev–Trinajstić information content (AvgIpc) is 2.93. The van der Waals surface area contributed by atoms with Crippen molar-refractivity contribution in [1.29, 1.82) is 0 Å². The molecule has 10 heteroatoms. The van der Waals surface area contributed by atoms with Gasteiger partial charge in [0.25, 0.3) is 5.91 Å². The van der Waals surface area contributed by atoms with E-state index in [9.17, 15) is 33.0 Å². The number of amides is 1. The van der Waals surface area contributed by atoms with Gasteiger partial charge in [0.05, 0.1) is 11.2 Å². The van der Waals surface area contributed by atoms with Crippen molar-refractivity contribution in [3.63, 3.8) is 0 Å². The first-order chi connectivity index (χ1) is 20.3. The highest BCUT2D eigenvalue weighted by Crippen LogP contribution is 2.56. The third-order valence-electron chi connectivity index (χ3n) is 8.99. The van der Waals surface area contributed by atoms with Crippen LogP contribution in [0.2, 0.25) is 0 Å². The summed E-state index contributed by atoms with van der Waals surface area (Å²) in [7, 11) is 0. The number of aliphatic hydroxyl groups is 1. The lowest BCUT2D eigenvalue weighted by atomic mass is 9.52. The summed E-state index contributed by atoms with van der Waals surface area (Å²) in [6.45, 7) is 4.00. The van der Waals surface area contributed by atoms with Crippen LogP contribution in [0.4, 0.5) is 13.2 Å². The summed E-state index contributed by atoms with van der Waals surface area (Å²) < 4.78 is 44.4. The van der Waals surface area contributed by atoms with Crippen molar-refractivity contribution in [1.82, 2.24) is 5.32 Å². The lowest BCUT2D eigenvalue weighted by molar-refractivity contribution is -0.155.